The van der Waals surface area contributed by atoms with Crippen molar-refractivity contribution in [1.29, 1.82) is 0 Å². The maximum Gasteiger partial charge on any atom is 0.253 e. The highest BCUT2D eigenvalue weighted by Gasteiger charge is 2.32. The lowest BCUT2D eigenvalue weighted by Crippen LogP contribution is -2.46. The Morgan fingerprint density at radius 3 is 2.57 bits per heavy atom. The van der Waals surface area contributed by atoms with Crippen molar-refractivity contribution >= 4 is 23.2 Å². The molecular formula is C14H15F2N3OS. The molecule has 7 heteroatoms. The molecule has 1 aromatic carbocycles. The van der Waals surface area contributed by atoms with E-state index in [1.54, 1.807) is 21.0 Å². The first kappa shape index (κ1) is 15.4. The van der Waals surface area contributed by atoms with E-state index in [-0.39, 0.29) is 16.6 Å². The zero-order valence-electron chi connectivity index (χ0n) is 11.8. The molecule has 4 nitrogen and oxygen atoms in total. The Morgan fingerprint density at radius 1 is 1.33 bits per heavy atom. The Bertz CT molecular complexity index is 643. The van der Waals surface area contributed by atoms with Crippen molar-refractivity contribution in [2.24, 2.45) is 0 Å². The topological polar surface area (TPSA) is 44.4 Å². The van der Waals surface area contributed by atoms with Crippen LogP contribution in [0, 0.1) is 11.6 Å². The number of nitrogens with zero attached hydrogens (tertiary/aromatic N) is 1. The number of benzene rings is 1. The van der Waals surface area contributed by atoms with Crippen LogP contribution >= 0.6 is 12.2 Å². The number of thiocarbonyl (C=S) groups is 1. The molecule has 0 saturated carbocycles. The van der Waals surface area contributed by atoms with Crippen molar-refractivity contribution in [1.82, 2.24) is 15.5 Å². The Hall–Kier alpha value is -2.02. The molecule has 1 atom stereocenters. The second-order valence-electron chi connectivity index (χ2n) is 4.94. The van der Waals surface area contributed by atoms with Crippen LogP contribution in [0.4, 0.5) is 8.78 Å². The van der Waals surface area contributed by atoms with E-state index in [1.807, 2.05) is 0 Å². The monoisotopic (exact) mass is 311 g/mol. The molecule has 0 bridgehead atoms. The zero-order chi connectivity index (χ0) is 15.7. The summed E-state index contributed by atoms with van der Waals surface area (Å²) < 4.78 is 27.1. The van der Waals surface area contributed by atoms with Gasteiger partial charge in [0.05, 0.1) is 11.6 Å². The summed E-state index contributed by atoms with van der Waals surface area (Å²) >= 11 is 5.06. The summed E-state index contributed by atoms with van der Waals surface area (Å²) in [5.74, 6) is -1.67. The molecule has 1 aliphatic heterocycles. The second kappa shape index (κ2) is 5.77. The summed E-state index contributed by atoms with van der Waals surface area (Å²) in [6.07, 6.45) is 0. The van der Waals surface area contributed by atoms with Gasteiger partial charge in [-0.25, -0.2) is 8.78 Å². The van der Waals surface area contributed by atoms with Crippen molar-refractivity contribution in [3.05, 3.63) is 46.7 Å². The molecule has 0 fully saturated rings. The Morgan fingerprint density at radius 2 is 2.00 bits per heavy atom. The Labute approximate surface area is 126 Å². The van der Waals surface area contributed by atoms with Gasteiger partial charge in [-0.05, 0) is 25.2 Å². The molecule has 1 aromatic rings. The quantitative estimate of drug-likeness (QED) is 0.818. The summed E-state index contributed by atoms with van der Waals surface area (Å²) in [5, 5.41) is 6.00. The van der Waals surface area contributed by atoms with Crippen molar-refractivity contribution in [2.45, 2.75) is 13.0 Å². The smallest absolute Gasteiger partial charge is 0.253 e. The van der Waals surface area contributed by atoms with Crippen LogP contribution in [0.2, 0.25) is 0 Å². The first-order chi connectivity index (χ1) is 9.81. The maximum atomic E-state index is 14.0. The van der Waals surface area contributed by atoms with Crippen molar-refractivity contribution in [3.63, 3.8) is 0 Å². The van der Waals surface area contributed by atoms with E-state index in [0.29, 0.717) is 11.3 Å². The first-order valence-corrected chi connectivity index (χ1v) is 6.67. The summed E-state index contributed by atoms with van der Waals surface area (Å²) in [4.78, 5) is 13.7. The number of amides is 1. The number of hydrogen-bond acceptors (Lipinski definition) is 2. The molecule has 0 unspecified atom stereocenters. The van der Waals surface area contributed by atoms with Gasteiger partial charge in [-0.3, -0.25) is 4.79 Å². The number of nitrogens with one attached hydrogen (secondary N) is 2. The Kier molecular flexibility index (Phi) is 4.22. The lowest BCUT2D eigenvalue weighted by Gasteiger charge is -2.31. The number of carbonyl (C=O) groups is 1. The highest BCUT2D eigenvalue weighted by Crippen LogP contribution is 2.29. The molecule has 0 saturated heterocycles. The fourth-order valence-electron chi connectivity index (χ4n) is 2.19. The SMILES string of the molecule is CC1=C(C(=O)N(C)C)[C@H](c2ccc(F)cc2F)NC(=S)N1. The third-order valence-electron chi connectivity index (χ3n) is 3.18. The van der Waals surface area contributed by atoms with Crippen molar-refractivity contribution in [2.75, 3.05) is 14.1 Å². The van der Waals surface area contributed by atoms with Gasteiger partial charge in [-0.2, -0.15) is 0 Å². The lowest BCUT2D eigenvalue weighted by molar-refractivity contribution is -0.125. The van der Waals surface area contributed by atoms with E-state index in [0.717, 1.165) is 12.1 Å². The van der Waals surface area contributed by atoms with Crippen molar-refractivity contribution in [3.8, 4) is 0 Å². The molecule has 0 aliphatic carbocycles. The summed E-state index contributed by atoms with van der Waals surface area (Å²) in [6.45, 7) is 1.69. The largest absolute Gasteiger partial charge is 0.351 e. The van der Waals surface area contributed by atoms with Crippen LogP contribution in [0.15, 0.2) is 29.5 Å². The van der Waals surface area contributed by atoms with E-state index in [2.05, 4.69) is 10.6 Å². The van der Waals surface area contributed by atoms with Crippen molar-refractivity contribution < 1.29 is 13.6 Å². The summed E-state index contributed by atoms with van der Waals surface area (Å²) in [7, 11) is 3.21. The molecule has 0 radical (unpaired) electrons. The van der Waals surface area contributed by atoms with Gasteiger partial charge in [0, 0.05) is 31.4 Å². The summed E-state index contributed by atoms with van der Waals surface area (Å²) in [6, 6.07) is 2.49. The normalized spacial score (nSPS) is 18.1. The molecule has 21 heavy (non-hydrogen) atoms. The first-order valence-electron chi connectivity index (χ1n) is 6.26. The third-order valence-corrected chi connectivity index (χ3v) is 3.40. The van der Waals surface area contributed by atoms with Gasteiger partial charge < -0.3 is 15.5 Å². The number of hydrogen-bond donors (Lipinski definition) is 2. The molecular weight excluding hydrogens is 296 g/mol. The Balaban J connectivity index is 2.55. The van der Waals surface area contributed by atoms with Crippen LogP contribution in [-0.2, 0) is 4.79 Å². The third kappa shape index (κ3) is 3.02. The molecule has 1 amide bonds. The molecule has 0 aromatic heterocycles. The van der Waals surface area contributed by atoms with Gasteiger partial charge in [-0.1, -0.05) is 6.07 Å². The average Bonchev–Trinajstić information content (AvgIpc) is 2.37. The molecule has 0 spiro atoms. The van der Waals surface area contributed by atoms with E-state index in [4.69, 9.17) is 12.2 Å². The lowest BCUT2D eigenvalue weighted by atomic mass is 9.94. The van der Waals surface area contributed by atoms with Crippen LogP contribution in [0.3, 0.4) is 0 Å². The number of carbonyl (C=O) groups excluding carboxylic acids is 1. The van der Waals surface area contributed by atoms with Gasteiger partial charge in [0.25, 0.3) is 5.91 Å². The van der Waals surface area contributed by atoms with E-state index >= 15 is 0 Å². The molecule has 2 N–H and O–H groups in total. The molecule has 1 heterocycles. The van der Waals surface area contributed by atoms with E-state index in [1.165, 1.54) is 11.0 Å². The van der Waals surface area contributed by atoms with Gasteiger partial charge in [0.1, 0.15) is 11.6 Å². The number of halogens is 2. The van der Waals surface area contributed by atoms with Gasteiger partial charge >= 0.3 is 0 Å². The molecule has 2 rings (SSSR count). The van der Waals surface area contributed by atoms with Crippen LogP contribution in [0.25, 0.3) is 0 Å². The zero-order valence-corrected chi connectivity index (χ0v) is 12.6. The minimum Gasteiger partial charge on any atom is -0.351 e. The van der Waals surface area contributed by atoms with Gasteiger partial charge in [-0.15, -0.1) is 0 Å². The average molecular weight is 311 g/mol. The van der Waals surface area contributed by atoms with Gasteiger partial charge in [0.2, 0.25) is 0 Å². The number of likely N-dealkylation sites (N-methyl/N-ethyl adjacent to an activating group) is 1. The van der Waals surface area contributed by atoms with Crippen LogP contribution in [-0.4, -0.2) is 30.0 Å². The van der Waals surface area contributed by atoms with Crippen LogP contribution < -0.4 is 10.6 Å². The fourth-order valence-corrected chi connectivity index (χ4v) is 2.46. The maximum absolute atomic E-state index is 14.0. The summed E-state index contributed by atoms with van der Waals surface area (Å²) in [5.41, 5.74) is 1.06. The number of allylic oxidation sites excluding steroid dienone is 1. The second-order valence-corrected chi connectivity index (χ2v) is 5.34. The van der Waals surface area contributed by atoms with E-state index in [9.17, 15) is 13.6 Å². The highest BCUT2D eigenvalue weighted by atomic mass is 32.1. The van der Waals surface area contributed by atoms with Crippen LogP contribution in [0.1, 0.15) is 18.5 Å². The number of rotatable bonds is 2. The predicted molar refractivity (Wildman–Crippen MR) is 79.4 cm³/mol. The highest BCUT2D eigenvalue weighted by molar-refractivity contribution is 7.80. The minimum absolute atomic E-state index is 0.171. The molecule has 1 aliphatic rings. The molecule has 112 valence electrons. The fraction of sp³-hybridized carbons (Fsp3) is 0.286. The standard InChI is InChI=1S/C14H15F2N3OS/c1-7-11(13(20)19(2)3)12(18-14(21)17-7)9-5-4-8(15)6-10(9)16/h4-6,12H,1-3H3,(H2,17,18,21)/t12-/m0/s1. The van der Waals surface area contributed by atoms with Gasteiger partial charge in [0.15, 0.2) is 5.11 Å². The van der Waals surface area contributed by atoms with Crippen LogP contribution in [0.5, 0.6) is 0 Å². The predicted octanol–water partition coefficient (Wildman–Crippen LogP) is 1.85. The minimum atomic E-state index is -0.755. The van der Waals surface area contributed by atoms with E-state index < -0.39 is 17.7 Å².